The number of nitrogens with one attached hydrogen (secondary N) is 2. The van der Waals surface area contributed by atoms with Crippen molar-refractivity contribution in [2.75, 3.05) is 11.9 Å². The lowest BCUT2D eigenvalue weighted by Crippen LogP contribution is -2.31. The van der Waals surface area contributed by atoms with Crippen LogP contribution in [0.4, 0.5) is 5.82 Å². The van der Waals surface area contributed by atoms with Crippen LogP contribution in [0.1, 0.15) is 35.1 Å². The van der Waals surface area contributed by atoms with Gasteiger partial charge >= 0.3 is 5.97 Å². The Morgan fingerprint density at radius 2 is 1.86 bits per heavy atom. The summed E-state index contributed by atoms with van der Waals surface area (Å²) in [5.41, 5.74) is 3.26. The molecular formula is C28H23ClN4O3S. The van der Waals surface area contributed by atoms with E-state index < -0.39 is 11.9 Å². The third kappa shape index (κ3) is 5.16. The maximum Gasteiger partial charge on any atom is 0.337 e. The molecule has 2 aromatic heterocycles. The van der Waals surface area contributed by atoms with E-state index >= 15 is 0 Å². The summed E-state index contributed by atoms with van der Waals surface area (Å²) in [7, 11) is 0. The zero-order valence-corrected chi connectivity index (χ0v) is 21.5. The second-order valence-corrected chi connectivity index (χ2v) is 9.60. The molecule has 4 aromatic rings. The Kier molecular flexibility index (Phi) is 7.39. The summed E-state index contributed by atoms with van der Waals surface area (Å²) < 4.78 is 5.46. The summed E-state index contributed by atoms with van der Waals surface area (Å²) in [6.07, 6.45) is 3.30. The molecule has 3 heterocycles. The Labute approximate surface area is 223 Å². The van der Waals surface area contributed by atoms with Gasteiger partial charge in [0.05, 0.1) is 29.4 Å². The van der Waals surface area contributed by atoms with Gasteiger partial charge in [0.25, 0.3) is 5.56 Å². The molecule has 9 heteroatoms. The highest BCUT2D eigenvalue weighted by Crippen LogP contribution is 2.42. The number of ether oxygens (including phenoxy) is 1. The van der Waals surface area contributed by atoms with Crippen LogP contribution in [0.3, 0.4) is 0 Å². The van der Waals surface area contributed by atoms with Crippen LogP contribution < -0.4 is 10.9 Å². The maximum atomic E-state index is 13.5. The van der Waals surface area contributed by atoms with Crippen LogP contribution in [0.5, 0.6) is 0 Å². The number of anilines is 1. The van der Waals surface area contributed by atoms with E-state index in [9.17, 15) is 9.59 Å². The van der Waals surface area contributed by atoms with Gasteiger partial charge < -0.3 is 15.0 Å². The van der Waals surface area contributed by atoms with Crippen molar-refractivity contribution in [3.05, 3.63) is 122 Å². The zero-order valence-electron chi connectivity index (χ0n) is 19.9. The van der Waals surface area contributed by atoms with Crippen LogP contribution in [-0.2, 0) is 15.3 Å². The lowest BCUT2D eigenvalue weighted by molar-refractivity contribution is -0.138. The summed E-state index contributed by atoms with van der Waals surface area (Å²) in [6.45, 7) is 1.95. The third-order valence-electron chi connectivity index (χ3n) is 5.92. The van der Waals surface area contributed by atoms with Crippen molar-refractivity contribution in [2.45, 2.75) is 23.8 Å². The Morgan fingerprint density at radius 1 is 1.08 bits per heavy atom. The average Bonchev–Trinajstić information content (AvgIpc) is 2.92. The smallest absolute Gasteiger partial charge is 0.337 e. The number of carbonyl (C=O) groups excluding carboxylic acids is 1. The maximum absolute atomic E-state index is 13.5. The predicted molar refractivity (Wildman–Crippen MR) is 146 cm³/mol. The minimum Gasteiger partial charge on any atom is -0.463 e. The highest BCUT2D eigenvalue weighted by molar-refractivity contribution is 7.98. The quantitative estimate of drug-likeness (QED) is 0.181. The molecule has 7 nitrogen and oxygen atoms in total. The predicted octanol–water partition coefficient (Wildman–Crippen LogP) is 5.64. The fraction of sp³-hybridized carbons (Fsp3) is 0.143. The lowest BCUT2D eigenvalue weighted by Gasteiger charge is -2.30. The Balaban J connectivity index is 1.65. The summed E-state index contributed by atoms with van der Waals surface area (Å²) >= 11 is 7.68. The number of H-pyrrole nitrogens is 1. The van der Waals surface area contributed by atoms with Gasteiger partial charge in [0, 0.05) is 23.2 Å². The lowest BCUT2D eigenvalue weighted by atomic mass is 9.81. The average molecular weight is 531 g/mol. The molecule has 0 bridgehead atoms. The van der Waals surface area contributed by atoms with Crippen LogP contribution in [0.25, 0.3) is 5.70 Å². The number of benzene rings is 2. The number of rotatable bonds is 7. The number of fused-ring (bicyclic) bond motifs is 1. The van der Waals surface area contributed by atoms with Gasteiger partial charge in [-0.15, -0.1) is 0 Å². The van der Waals surface area contributed by atoms with Crippen molar-refractivity contribution in [3.8, 4) is 0 Å². The van der Waals surface area contributed by atoms with Crippen molar-refractivity contribution in [1.82, 2.24) is 15.0 Å². The summed E-state index contributed by atoms with van der Waals surface area (Å²) in [5, 5.41) is 4.37. The van der Waals surface area contributed by atoms with Gasteiger partial charge in [-0.05, 0) is 35.7 Å². The number of carbonyl (C=O) groups is 1. The monoisotopic (exact) mass is 530 g/mol. The molecule has 1 aliphatic rings. The molecular weight excluding hydrogens is 508 g/mol. The second-order valence-electron chi connectivity index (χ2n) is 8.23. The number of thioether (sulfide) groups is 1. The highest BCUT2D eigenvalue weighted by Gasteiger charge is 2.38. The molecule has 0 spiro atoms. The molecule has 186 valence electrons. The molecule has 0 amide bonds. The molecule has 1 aliphatic heterocycles. The Morgan fingerprint density at radius 3 is 2.59 bits per heavy atom. The van der Waals surface area contributed by atoms with Crippen LogP contribution in [-0.4, -0.2) is 27.5 Å². The minimum atomic E-state index is -0.724. The van der Waals surface area contributed by atoms with E-state index in [-0.39, 0.29) is 12.2 Å². The van der Waals surface area contributed by atoms with E-state index in [1.807, 2.05) is 60.7 Å². The van der Waals surface area contributed by atoms with Gasteiger partial charge in [0.2, 0.25) is 0 Å². The number of aromatic nitrogens is 3. The number of nitrogens with zero attached hydrogens (tertiary/aromatic N) is 2. The number of hydrogen-bond donors (Lipinski definition) is 2. The van der Waals surface area contributed by atoms with Crippen molar-refractivity contribution in [3.63, 3.8) is 0 Å². The molecule has 37 heavy (non-hydrogen) atoms. The van der Waals surface area contributed by atoms with E-state index in [2.05, 4.69) is 15.3 Å². The van der Waals surface area contributed by atoms with E-state index in [1.165, 1.54) is 11.8 Å². The van der Waals surface area contributed by atoms with Gasteiger partial charge in [0.1, 0.15) is 5.82 Å². The summed E-state index contributed by atoms with van der Waals surface area (Å²) in [4.78, 5) is 38.8. The SMILES string of the molecule is CCOC(=O)C1=C(c2ccccc2)Nc2nc(SCc3ccccc3Cl)[nH]c(=O)c2C1c1cccnc1. The molecule has 5 rings (SSSR count). The van der Waals surface area contributed by atoms with Gasteiger partial charge in [-0.2, -0.15) is 0 Å². The second kappa shape index (κ2) is 11.0. The van der Waals surface area contributed by atoms with Crippen LogP contribution in [0.15, 0.2) is 94.6 Å². The third-order valence-corrected chi connectivity index (χ3v) is 7.21. The van der Waals surface area contributed by atoms with Gasteiger partial charge in [0.15, 0.2) is 5.16 Å². The first kappa shape index (κ1) is 24.8. The Bertz CT molecular complexity index is 1520. The zero-order chi connectivity index (χ0) is 25.8. The summed E-state index contributed by atoms with van der Waals surface area (Å²) in [5.74, 6) is -0.322. The van der Waals surface area contributed by atoms with Crippen LogP contribution in [0.2, 0.25) is 5.02 Å². The largest absolute Gasteiger partial charge is 0.463 e. The van der Waals surface area contributed by atoms with Crippen LogP contribution in [0, 0.1) is 0 Å². The van der Waals surface area contributed by atoms with Crippen LogP contribution >= 0.6 is 23.4 Å². The van der Waals surface area contributed by atoms with Crippen molar-refractivity contribution < 1.29 is 9.53 Å². The number of hydrogen-bond acceptors (Lipinski definition) is 7. The first-order valence-electron chi connectivity index (χ1n) is 11.7. The topological polar surface area (TPSA) is 97.0 Å². The van der Waals surface area contributed by atoms with E-state index in [1.54, 1.807) is 25.4 Å². The van der Waals surface area contributed by atoms with Crippen molar-refractivity contribution >= 4 is 40.8 Å². The van der Waals surface area contributed by atoms with Crippen molar-refractivity contribution in [1.29, 1.82) is 0 Å². The normalized spacial score (nSPS) is 14.6. The fourth-order valence-corrected chi connectivity index (χ4v) is 5.42. The molecule has 0 saturated heterocycles. The van der Waals surface area contributed by atoms with Gasteiger partial charge in [-0.25, -0.2) is 9.78 Å². The molecule has 0 fully saturated rings. The first-order valence-corrected chi connectivity index (χ1v) is 13.1. The number of halogens is 1. The summed E-state index contributed by atoms with van der Waals surface area (Å²) in [6, 6.07) is 20.6. The molecule has 1 unspecified atom stereocenters. The molecule has 0 radical (unpaired) electrons. The van der Waals surface area contributed by atoms with Gasteiger partial charge in [-0.3, -0.25) is 9.78 Å². The molecule has 1 atom stereocenters. The van der Waals surface area contributed by atoms with E-state index in [4.69, 9.17) is 21.3 Å². The fourth-order valence-electron chi connectivity index (χ4n) is 4.27. The van der Waals surface area contributed by atoms with E-state index in [0.29, 0.717) is 44.1 Å². The standard InChI is InChI=1S/C28H23ClN4O3S/c1-2-36-27(35)22-21(18-12-8-14-30-15-18)23-25(31-24(22)17-9-4-3-5-10-17)32-28(33-26(23)34)37-16-19-11-6-7-13-20(19)29/h3-15,21H,2,16H2,1H3,(H2,31,32,33,34). The minimum absolute atomic E-state index is 0.198. The number of esters is 1. The molecule has 2 N–H and O–H groups in total. The van der Waals surface area contributed by atoms with E-state index in [0.717, 1.165) is 11.1 Å². The number of pyridine rings is 1. The van der Waals surface area contributed by atoms with Crippen molar-refractivity contribution in [2.24, 2.45) is 0 Å². The molecule has 2 aromatic carbocycles. The Hall–Kier alpha value is -3.88. The molecule has 0 aliphatic carbocycles. The molecule has 0 saturated carbocycles. The first-order chi connectivity index (χ1) is 18.1. The van der Waals surface area contributed by atoms with Gasteiger partial charge in [-0.1, -0.05) is 78.0 Å². The number of aromatic amines is 1. The highest BCUT2D eigenvalue weighted by atomic mass is 35.5.